The lowest BCUT2D eigenvalue weighted by Gasteiger charge is -2.42. The van der Waals surface area contributed by atoms with Crippen molar-refractivity contribution >= 4 is 22.4 Å². The summed E-state index contributed by atoms with van der Waals surface area (Å²) in [5.74, 6) is -2.27. The van der Waals surface area contributed by atoms with Crippen molar-refractivity contribution in [2.24, 2.45) is 0 Å². The first-order valence-corrected chi connectivity index (χ1v) is 15.7. The van der Waals surface area contributed by atoms with Crippen molar-refractivity contribution in [2.45, 2.75) is 94.6 Å². The van der Waals surface area contributed by atoms with Gasteiger partial charge in [0.1, 0.15) is 47.1 Å². The molecule has 0 aliphatic carbocycles. The molecule has 15 heteroatoms. The van der Waals surface area contributed by atoms with Crippen molar-refractivity contribution < 1.29 is 35.8 Å². The monoisotopic (exact) mass is 649 g/mol. The van der Waals surface area contributed by atoms with Gasteiger partial charge in [-0.1, -0.05) is 0 Å². The molecule has 2 bridgehead atoms. The molecule has 0 radical (unpaired) electrons. The lowest BCUT2D eigenvalue weighted by atomic mass is 9.96. The maximum atomic E-state index is 16.7. The second-order valence-corrected chi connectivity index (χ2v) is 13.1. The smallest absolute Gasteiger partial charge is 0.417 e. The number of alkyl halides is 4. The van der Waals surface area contributed by atoms with Gasteiger partial charge in [0.25, 0.3) is 0 Å². The predicted molar refractivity (Wildman–Crippen MR) is 157 cm³/mol. The number of benzene rings is 1. The maximum absolute atomic E-state index is 16.7. The highest BCUT2D eigenvalue weighted by Crippen LogP contribution is 2.47. The van der Waals surface area contributed by atoms with Crippen LogP contribution in [0, 0.1) is 18.6 Å². The molecule has 9 nitrogen and oxygen atoms in total. The number of pyridine rings is 1. The highest BCUT2D eigenvalue weighted by atomic mass is 19.4. The van der Waals surface area contributed by atoms with Crippen LogP contribution in [0.2, 0.25) is 0 Å². The van der Waals surface area contributed by atoms with Gasteiger partial charge in [-0.25, -0.2) is 18.2 Å². The van der Waals surface area contributed by atoms with E-state index in [2.05, 4.69) is 20.2 Å². The first-order valence-electron chi connectivity index (χ1n) is 15.7. The Kier molecular flexibility index (Phi) is 6.77. The molecule has 0 amide bonds. The van der Waals surface area contributed by atoms with Gasteiger partial charge < -0.3 is 25.4 Å². The van der Waals surface area contributed by atoms with E-state index in [-0.39, 0.29) is 66.0 Å². The number of nitrogen functional groups attached to an aromatic ring is 1. The molecule has 0 spiro atoms. The highest BCUT2D eigenvalue weighted by molar-refractivity contribution is 5.97. The molecule has 4 fully saturated rings. The van der Waals surface area contributed by atoms with Gasteiger partial charge in [-0.15, -0.1) is 0 Å². The molecule has 5 aliphatic heterocycles. The largest absolute Gasteiger partial charge is 0.472 e. The summed E-state index contributed by atoms with van der Waals surface area (Å²) < 4.78 is 102. The number of piperazine rings is 1. The molecule has 5 aliphatic rings. The van der Waals surface area contributed by atoms with E-state index >= 15 is 4.39 Å². The quantitative estimate of drug-likeness (QED) is 0.301. The van der Waals surface area contributed by atoms with Gasteiger partial charge in [0.05, 0.1) is 17.3 Å². The van der Waals surface area contributed by atoms with Gasteiger partial charge in [0.2, 0.25) is 5.88 Å². The molecule has 0 unspecified atom stereocenters. The van der Waals surface area contributed by atoms with Crippen LogP contribution in [-0.4, -0.2) is 82.0 Å². The fourth-order valence-electron chi connectivity index (χ4n) is 8.45. The summed E-state index contributed by atoms with van der Waals surface area (Å²) in [5.41, 5.74) is 1.18. The average molecular weight is 650 g/mol. The Morgan fingerprint density at radius 2 is 1.93 bits per heavy atom. The molecule has 246 valence electrons. The number of fused-ring (bicyclic) bond motifs is 6. The summed E-state index contributed by atoms with van der Waals surface area (Å²) in [6.07, 6.45) is -2.81. The summed E-state index contributed by atoms with van der Waals surface area (Å²) in [6, 6.07) is 0.0775. The van der Waals surface area contributed by atoms with E-state index < -0.39 is 58.2 Å². The summed E-state index contributed by atoms with van der Waals surface area (Å²) >= 11 is 0. The molecule has 46 heavy (non-hydrogen) atoms. The van der Waals surface area contributed by atoms with Crippen LogP contribution in [-0.2, 0) is 6.18 Å². The third-order valence-corrected chi connectivity index (χ3v) is 10.4. The van der Waals surface area contributed by atoms with Crippen molar-refractivity contribution in [1.82, 2.24) is 25.2 Å². The number of hydrogen-bond donors (Lipinski definition) is 2. The van der Waals surface area contributed by atoms with Gasteiger partial charge in [0.15, 0.2) is 5.82 Å². The zero-order valence-corrected chi connectivity index (χ0v) is 25.2. The van der Waals surface area contributed by atoms with Crippen LogP contribution in [0.3, 0.4) is 0 Å². The molecule has 8 rings (SSSR count). The van der Waals surface area contributed by atoms with E-state index in [1.165, 1.54) is 0 Å². The minimum absolute atomic E-state index is 0.0187. The van der Waals surface area contributed by atoms with E-state index in [0.717, 1.165) is 45.2 Å². The van der Waals surface area contributed by atoms with E-state index in [1.54, 1.807) is 0 Å². The minimum Gasteiger partial charge on any atom is -0.472 e. The Labute approximate surface area is 260 Å². The molecule has 4 saturated heterocycles. The maximum Gasteiger partial charge on any atom is 0.417 e. The van der Waals surface area contributed by atoms with Crippen molar-refractivity contribution in [3.63, 3.8) is 0 Å². The summed E-state index contributed by atoms with van der Waals surface area (Å²) in [7, 11) is 0. The minimum atomic E-state index is -5.06. The number of aromatic nitrogens is 3. The molecule has 1 aromatic carbocycles. The van der Waals surface area contributed by atoms with Crippen LogP contribution in [0.25, 0.3) is 22.2 Å². The molecule has 3 aromatic rings. The summed E-state index contributed by atoms with van der Waals surface area (Å²) in [6.45, 7) is 4.09. The molecule has 7 heterocycles. The second kappa shape index (κ2) is 10.5. The molecule has 2 aromatic heterocycles. The molecule has 0 saturated carbocycles. The Morgan fingerprint density at radius 3 is 2.72 bits per heavy atom. The topological polar surface area (TPSA) is 102 Å². The van der Waals surface area contributed by atoms with E-state index in [9.17, 15) is 22.0 Å². The van der Waals surface area contributed by atoms with Gasteiger partial charge >= 0.3 is 12.2 Å². The molecule has 7 atom stereocenters. The zero-order valence-electron chi connectivity index (χ0n) is 25.2. The number of nitrogens with two attached hydrogens (primary N) is 1. The second-order valence-electron chi connectivity index (χ2n) is 13.1. The normalized spacial score (nSPS) is 30.3. The summed E-state index contributed by atoms with van der Waals surface area (Å²) in [5, 5.41) is 3.70. The lowest BCUT2D eigenvalue weighted by Crippen LogP contribution is -2.62. The number of halogens is 6. The fourth-order valence-corrected chi connectivity index (χ4v) is 8.45. The first kappa shape index (κ1) is 29.8. The van der Waals surface area contributed by atoms with Gasteiger partial charge in [-0.3, -0.25) is 4.90 Å². The number of hydrogen-bond acceptors (Lipinski definition) is 9. The lowest BCUT2D eigenvalue weighted by molar-refractivity contribution is -0.137. The van der Waals surface area contributed by atoms with Gasteiger partial charge in [-0.05, 0) is 64.1 Å². The number of nitrogens with zero attached hydrogens (tertiary/aromatic N) is 5. The predicted octanol–water partition coefficient (Wildman–Crippen LogP) is 4.92. The van der Waals surface area contributed by atoms with Gasteiger partial charge in [0, 0.05) is 36.3 Å². The van der Waals surface area contributed by atoms with Crippen LogP contribution in [0.4, 0.5) is 37.8 Å². The van der Waals surface area contributed by atoms with Crippen LogP contribution < -0.4 is 25.4 Å². The Hall–Kier alpha value is -3.59. The number of nitrogens with one attached hydrogen (secondary N) is 1. The number of rotatable bonds is 4. The Morgan fingerprint density at radius 1 is 1.13 bits per heavy atom. The number of ether oxygens (including phenoxy) is 2. The Balaban J connectivity index is 1.31. The molecular weight excluding hydrogens is 616 g/mol. The molecule has 3 N–H and O–H groups in total. The van der Waals surface area contributed by atoms with Crippen molar-refractivity contribution in [2.75, 3.05) is 30.3 Å². The van der Waals surface area contributed by atoms with Crippen LogP contribution >= 0.6 is 0 Å². The van der Waals surface area contributed by atoms with E-state index in [0.29, 0.717) is 12.4 Å². The van der Waals surface area contributed by atoms with Crippen LogP contribution in [0.15, 0.2) is 6.07 Å². The van der Waals surface area contributed by atoms with Crippen molar-refractivity contribution in [1.29, 1.82) is 0 Å². The average Bonchev–Trinajstić information content (AvgIpc) is 3.69. The first-order chi connectivity index (χ1) is 21.9. The van der Waals surface area contributed by atoms with Crippen molar-refractivity contribution in [3.05, 3.63) is 28.8 Å². The van der Waals surface area contributed by atoms with E-state index in [1.807, 2.05) is 11.8 Å². The fraction of sp³-hybridized carbons (Fsp3) is 0.581. The third kappa shape index (κ3) is 4.48. The van der Waals surface area contributed by atoms with E-state index in [4.69, 9.17) is 20.2 Å². The SMILES string of the molecule is Cc1c(F)c(N)cc(-c2nc3c4c(nc(OC[C@@H]5C[C@@H](F)[C@H]6CCCN56)nc4c2F)N2C[C@H]4CC[C@H](N4)[C@H]2[C@H](C)O3)c1C(F)(F)F. The molecular formula is C31H33F6N7O2. The van der Waals surface area contributed by atoms with Crippen molar-refractivity contribution in [3.8, 4) is 23.1 Å². The summed E-state index contributed by atoms with van der Waals surface area (Å²) in [4.78, 5) is 17.5. The van der Waals surface area contributed by atoms with Crippen LogP contribution in [0.5, 0.6) is 11.9 Å². The number of anilines is 2. The van der Waals surface area contributed by atoms with Crippen LogP contribution in [0.1, 0.15) is 50.2 Å². The highest BCUT2D eigenvalue weighted by Gasteiger charge is 2.48. The van der Waals surface area contributed by atoms with Gasteiger partial charge in [-0.2, -0.15) is 23.1 Å². The third-order valence-electron chi connectivity index (χ3n) is 10.4. The standard InChI is InChI=1S/C31H33F6N7O2/c1-12-22(31(35,36)37)16(9-18(38)23(12)33)25-24(34)26-21-28(42-30(41-26)45-11-15-8-17(32)20-4-3-7-43(15)20)44-10-14-5-6-19(39-14)27(44)13(2)46-29(21)40-25/h9,13-15,17,19-20,27,39H,3-8,10-11,38H2,1-2H3/t13-,14+,15-,17+,19-,20+,27+/m0/s1. The Bertz CT molecular complexity index is 1740. The zero-order chi connectivity index (χ0) is 32.2.